The van der Waals surface area contributed by atoms with Gasteiger partial charge in [-0.3, -0.25) is 0 Å². The molecule has 0 aliphatic heterocycles. The van der Waals surface area contributed by atoms with E-state index >= 15 is 0 Å². The standard InChI is InChI=1S/C18H39O2PS2.Ca.2H/c1-3-5-7-9-11-13-15-17-19-21(22,23)20-18-16-14-12-10-8-6-4-2;;;/h3-18H2,1-2H3,(H,22,23);;;. The maximum atomic E-state index is 5.68. The second-order valence-corrected chi connectivity index (χ2v) is 11.7. The van der Waals surface area contributed by atoms with Crippen LogP contribution in [-0.2, 0) is 20.9 Å². The van der Waals surface area contributed by atoms with Crippen LogP contribution in [-0.4, -0.2) is 51.0 Å². The average molecular weight is 425 g/mol. The van der Waals surface area contributed by atoms with Crippen molar-refractivity contribution in [3.05, 3.63) is 0 Å². The van der Waals surface area contributed by atoms with Crippen LogP contribution in [0.3, 0.4) is 0 Å². The number of rotatable bonds is 18. The van der Waals surface area contributed by atoms with E-state index in [9.17, 15) is 0 Å². The van der Waals surface area contributed by atoms with Gasteiger partial charge in [-0.2, -0.15) is 0 Å². The van der Waals surface area contributed by atoms with E-state index in [1.54, 1.807) is 0 Å². The van der Waals surface area contributed by atoms with Crippen molar-refractivity contribution in [3.8, 4) is 0 Å². The fourth-order valence-electron chi connectivity index (χ4n) is 2.52. The summed E-state index contributed by atoms with van der Waals surface area (Å²) in [4.78, 5) is 0. The Morgan fingerprint density at radius 2 is 0.917 bits per heavy atom. The predicted molar refractivity (Wildman–Crippen MR) is 120 cm³/mol. The van der Waals surface area contributed by atoms with Gasteiger partial charge >= 0.3 is 37.7 Å². The molecule has 0 saturated heterocycles. The van der Waals surface area contributed by atoms with E-state index in [0.29, 0.717) is 13.2 Å². The summed E-state index contributed by atoms with van der Waals surface area (Å²) in [7, 11) is 0. The first kappa shape index (κ1) is 28.4. The van der Waals surface area contributed by atoms with Crippen molar-refractivity contribution in [1.29, 1.82) is 0 Å². The molecule has 0 saturated carbocycles. The molecule has 144 valence electrons. The Balaban J connectivity index is 0. The number of hydrogen-bond acceptors (Lipinski definition) is 3. The molecule has 0 aliphatic rings. The van der Waals surface area contributed by atoms with Gasteiger partial charge in [-0.15, -0.1) is 0 Å². The Morgan fingerprint density at radius 1 is 0.625 bits per heavy atom. The molecule has 0 aliphatic carbocycles. The van der Waals surface area contributed by atoms with Crippen molar-refractivity contribution in [2.45, 2.75) is 104 Å². The molecule has 0 radical (unpaired) electrons. The second kappa shape index (κ2) is 21.5. The molecule has 0 bridgehead atoms. The molecule has 0 aromatic heterocycles. The van der Waals surface area contributed by atoms with Crippen LogP contribution in [0.5, 0.6) is 0 Å². The second-order valence-electron chi connectivity index (χ2n) is 6.38. The van der Waals surface area contributed by atoms with Gasteiger partial charge in [0.2, 0.25) is 5.69 Å². The Hall–Kier alpha value is 2.18. The molecule has 0 aromatic carbocycles. The molecule has 0 heterocycles. The first-order valence-corrected chi connectivity index (χ1v) is 13.5. The maximum absolute atomic E-state index is 5.68. The zero-order chi connectivity index (χ0) is 17.2. The zero-order valence-electron chi connectivity index (χ0n) is 15.4. The van der Waals surface area contributed by atoms with Crippen LogP contribution in [0.2, 0.25) is 0 Å². The van der Waals surface area contributed by atoms with E-state index in [-0.39, 0.29) is 37.7 Å². The minimum atomic E-state index is -2.30. The molecule has 2 nitrogen and oxygen atoms in total. The normalized spacial score (nSPS) is 11.5. The number of thiol groups is 1. The van der Waals surface area contributed by atoms with Crippen molar-refractivity contribution in [2.24, 2.45) is 0 Å². The molecule has 6 heteroatoms. The van der Waals surface area contributed by atoms with Gasteiger partial charge in [0.15, 0.2) is 0 Å². The van der Waals surface area contributed by atoms with Gasteiger partial charge in [-0.25, -0.2) is 0 Å². The Kier molecular flexibility index (Phi) is 25.4. The number of unbranched alkanes of at least 4 members (excludes halogenated alkanes) is 12. The van der Waals surface area contributed by atoms with Crippen molar-refractivity contribution >= 4 is 67.5 Å². The van der Waals surface area contributed by atoms with Crippen LogP contribution in [0.15, 0.2) is 0 Å². The van der Waals surface area contributed by atoms with Crippen LogP contribution >= 0.6 is 17.9 Å². The molecule has 0 unspecified atom stereocenters. The summed E-state index contributed by atoms with van der Waals surface area (Å²) < 4.78 is 11.4. The molecule has 0 aromatic rings. The van der Waals surface area contributed by atoms with Crippen molar-refractivity contribution in [3.63, 3.8) is 0 Å². The molecule has 24 heavy (non-hydrogen) atoms. The van der Waals surface area contributed by atoms with Gasteiger partial charge in [-0.05, 0) is 24.6 Å². The van der Waals surface area contributed by atoms with Gasteiger partial charge in [-0.1, -0.05) is 103 Å². The predicted octanol–water partition coefficient (Wildman–Crippen LogP) is 6.76. The fraction of sp³-hybridized carbons (Fsp3) is 1.00. The van der Waals surface area contributed by atoms with E-state index < -0.39 is 5.69 Å². The average Bonchev–Trinajstić information content (AvgIpc) is 2.52. The van der Waals surface area contributed by atoms with Crippen LogP contribution < -0.4 is 0 Å². The summed E-state index contributed by atoms with van der Waals surface area (Å²) in [6, 6.07) is 0. The Labute approximate surface area is 191 Å². The van der Waals surface area contributed by atoms with Crippen LogP contribution in [0.1, 0.15) is 104 Å². The molecule has 0 fully saturated rings. The SMILES string of the molecule is CCCCCCCCCOP(=S)(S)OCCCCCCCCC.[CaH2]. The zero-order valence-corrected chi connectivity index (χ0v) is 18.0. The van der Waals surface area contributed by atoms with Crippen LogP contribution in [0.25, 0.3) is 0 Å². The van der Waals surface area contributed by atoms with Gasteiger partial charge in [0.05, 0.1) is 13.2 Å². The van der Waals surface area contributed by atoms with E-state index in [1.165, 1.54) is 77.0 Å². The van der Waals surface area contributed by atoms with Crippen molar-refractivity contribution < 1.29 is 9.05 Å². The van der Waals surface area contributed by atoms with Crippen molar-refractivity contribution in [2.75, 3.05) is 13.2 Å². The molecule has 0 atom stereocenters. The minimum absolute atomic E-state index is 0. The summed E-state index contributed by atoms with van der Waals surface area (Å²) in [5.74, 6) is 0. The molecule has 0 rings (SSSR count). The van der Waals surface area contributed by atoms with Crippen molar-refractivity contribution in [1.82, 2.24) is 0 Å². The van der Waals surface area contributed by atoms with E-state index in [2.05, 4.69) is 26.1 Å². The van der Waals surface area contributed by atoms with Gasteiger partial charge in [0.25, 0.3) is 0 Å². The summed E-state index contributed by atoms with van der Waals surface area (Å²) in [5, 5.41) is 0. The van der Waals surface area contributed by atoms with E-state index in [0.717, 1.165) is 12.8 Å². The summed E-state index contributed by atoms with van der Waals surface area (Å²) >= 11 is 9.76. The monoisotopic (exact) mass is 424 g/mol. The quantitative estimate of drug-likeness (QED) is 0.113. The third-order valence-corrected chi connectivity index (χ3v) is 6.35. The topological polar surface area (TPSA) is 18.5 Å². The molecule has 0 spiro atoms. The Bertz CT molecular complexity index is 270. The first-order chi connectivity index (χ1) is 11.1. The molecule has 0 amide bonds. The first-order valence-electron chi connectivity index (χ1n) is 9.74. The van der Waals surface area contributed by atoms with Crippen LogP contribution in [0.4, 0.5) is 0 Å². The molecular formula is C18H41CaO2PS2. The van der Waals surface area contributed by atoms with Gasteiger partial charge in [0.1, 0.15) is 0 Å². The fourth-order valence-corrected chi connectivity index (χ4v) is 4.25. The third kappa shape index (κ3) is 22.2. The van der Waals surface area contributed by atoms with Gasteiger partial charge in [0, 0.05) is 0 Å². The number of hydrogen-bond donors (Lipinski definition) is 1. The molecule has 0 N–H and O–H groups in total. The van der Waals surface area contributed by atoms with Gasteiger partial charge < -0.3 is 9.05 Å². The summed E-state index contributed by atoms with van der Waals surface area (Å²) in [5.41, 5.74) is -2.30. The molecular weight excluding hydrogens is 383 g/mol. The van der Waals surface area contributed by atoms with Crippen LogP contribution in [0, 0.1) is 0 Å². The third-order valence-electron chi connectivity index (χ3n) is 4.00. The van der Waals surface area contributed by atoms with E-state index in [4.69, 9.17) is 20.9 Å². The summed E-state index contributed by atoms with van der Waals surface area (Å²) in [6.07, 6.45) is 18.0. The summed E-state index contributed by atoms with van der Waals surface area (Å²) in [6.45, 7) is 5.90. The van der Waals surface area contributed by atoms with E-state index in [1.807, 2.05) is 0 Å². The Morgan fingerprint density at radius 3 is 1.25 bits per heavy atom.